The smallest absolute Gasteiger partial charge is 0.306 e. The van der Waals surface area contributed by atoms with Gasteiger partial charge in [0.25, 0.3) is 0 Å². The van der Waals surface area contributed by atoms with Gasteiger partial charge >= 0.3 is 5.97 Å². The fourth-order valence-corrected chi connectivity index (χ4v) is 13.4. The molecule has 0 amide bonds. The molecule has 0 bridgehead atoms. The Morgan fingerprint density at radius 2 is 1.33 bits per heavy atom. The van der Waals surface area contributed by atoms with Crippen LogP contribution in [0.15, 0.2) is 11.6 Å². The molecule has 0 radical (unpaired) electrons. The molecular formula is C46H78O3. The van der Waals surface area contributed by atoms with Crippen LogP contribution in [0.25, 0.3) is 0 Å². The Kier molecular flexibility index (Phi) is 12.3. The van der Waals surface area contributed by atoms with E-state index in [1.54, 1.807) is 0 Å². The summed E-state index contributed by atoms with van der Waals surface area (Å²) in [6.45, 7) is 22.0. The molecule has 0 heterocycles. The number of ether oxygens (including phenoxy) is 1. The van der Waals surface area contributed by atoms with Crippen LogP contribution >= 0.6 is 0 Å². The van der Waals surface area contributed by atoms with Crippen LogP contribution in [0.2, 0.25) is 0 Å². The van der Waals surface area contributed by atoms with Crippen molar-refractivity contribution in [1.82, 2.24) is 0 Å². The van der Waals surface area contributed by atoms with E-state index in [1.807, 2.05) is 0 Å². The van der Waals surface area contributed by atoms with Crippen LogP contribution in [0.5, 0.6) is 0 Å². The van der Waals surface area contributed by atoms with Crippen molar-refractivity contribution in [2.24, 2.45) is 56.7 Å². The maximum atomic E-state index is 14.7. The number of hydrogen-bond donors (Lipinski definition) is 0. The minimum Gasteiger partial charge on any atom is -0.462 e. The summed E-state index contributed by atoms with van der Waals surface area (Å²) in [5, 5.41) is 0. The number of ketones is 1. The van der Waals surface area contributed by atoms with Crippen molar-refractivity contribution in [2.45, 2.75) is 210 Å². The Morgan fingerprint density at radius 3 is 1.94 bits per heavy atom. The third kappa shape index (κ3) is 7.28. The van der Waals surface area contributed by atoms with E-state index in [0.29, 0.717) is 35.4 Å². The maximum absolute atomic E-state index is 14.7. The Hall–Kier alpha value is -1.12. The molecule has 0 aromatic carbocycles. The van der Waals surface area contributed by atoms with E-state index in [2.05, 4.69) is 68.4 Å². The van der Waals surface area contributed by atoms with Crippen LogP contribution in [0, 0.1) is 56.7 Å². The summed E-state index contributed by atoms with van der Waals surface area (Å²) in [5.41, 5.74) is 1.72. The van der Waals surface area contributed by atoms with E-state index in [9.17, 15) is 9.59 Å². The van der Waals surface area contributed by atoms with Gasteiger partial charge in [0.2, 0.25) is 0 Å². The highest BCUT2D eigenvalue weighted by Gasteiger charge is 2.70. The summed E-state index contributed by atoms with van der Waals surface area (Å²) in [6.07, 6.45) is 29.1. The Balaban J connectivity index is 1.15. The fraction of sp³-hybridized carbons (Fsp3) is 0.913. The van der Waals surface area contributed by atoms with E-state index in [1.165, 1.54) is 102 Å². The van der Waals surface area contributed by atoms with E-state index in [0.717, 1.165) is 44.4 Å². The van der Waals surface area contributed by atoms with Gasteiger partial charge in [0.1, 0.15) is 6.10 Å². The normalized spacial score (nSPS) is 41.2. The van der Waals surface area contributed by atoms with E-state index in [4.69, 9.17) is 4.74 Å². The zero-order valence-electron chi connectivity index (χ0n) is 33.8. The average Bonchev–Trinajstić information content (AvgIpc) is 3.04. The largest absolute Gasteiger partial charge is 0.462 e. The van der Waals surface area contributed by atoms with Crippen LogP contribution in [-0.4, -0.2) is 17.9 Å². The van der Waals surface area contributed by atoms with Gasteiger partial charge in [-0.15, -0.1) is 0 Å². The monoisotopic (exact) mass is 679 g/mol. The van der Waals surface area contributed by atoms with Gasteiger partial charge in [-0.25, -0.2) is 0 Å². The van der Waals surface area contributed by atoms with Gasteiger partial charge in [0.05, 0.1) is 0 Å². The maximum Gasteiger partial charge on any atom is 0.306 e. The second-order valence-corrected chi connectivity index (χ2v) is 20.1. The highest BCUT2D eigenvalue weighted by molar-refractivity contribution is 5.95. The highest BCUT2D eigenvalue weighted by Crippen LogP contribution is 2.75. The molecule has 0 spiro atoms. The molecular weight excluding hydrogens is 601 g/mol. The lowest BCUT2D eigenvalue weighted by molar-refractivity contribution is -0.211. The van der Waals surface area contributed by atoms with Crippen molar-refractivity contribution in [3.8, 4) is 0 Å². The number of unbranched alkanes of at least 4 members (excludes halogenated alkanes) is 12. The number of esters is 1. The number of hydrogen-bond acceptors (Lipinski definition) is 3. The second-order valence-electron chi connectivity index (χ2n) is 20.1. The molecule has 49 heavy (non-hydrogen) atoms. The summed E-state index contributed by atoms with van der Waals surface area (Å²) in [5.74, 6) is 2.74. The second kappa shape index (κ2) is 15.5. The lowest BCUT2D eigenvalue weighted by Crippen LogP contribution is -2.67. The first-order valence-corrected chi connectivity index (χ1v) is 21.6. The minimum absolute atomic E-state index is 0.000289. The molecule has 3 nitrogen and oxygen atoms in total. The molecule has 5 aliphatic carbocycles. The highest BCUT2D eigenvalue weighted by atomic mass is 16.5. The molecule has 5 rings (SSSR count). The molecule has 5 aliphatic rings. The van der Waals surface area contributed by atoms with Crippen molar-refractivity contribution in [1.29, 1.82) is 0 Å². The van der Waals surface area contributed by atoms with Crippen molar-refractivity contribution >= 4 is 11.8 Å². The Bertz CT molecular complexity index is 1180. The zero-order chi connectivity index (χ0) is 35.7. The standard InChI is InChI=1S/C46H78O3/c1-10-11-12-13-14-15-16-17-18-19-20-21-22-23-39(48)49-38-26-28-44(7)37(42(38,4)5)25-29-46(9)41(44)36(47)32-35-40-34(3)33(2)24-27-43(40,6)30-31-45(35,46)8/h32-34,37-38,40-41H,10-31H2,1-9H3/t33-,34+,37+,38+,40+,41-,43-,44+,45-,46-/m1/s1. The molecule has 0 aromatic rings. The number of carbonyl (C=O) groups is 2. The summed E-state index contributed by atoms with van der Waals surface area (Å²) < 4.78 is 6.36. The first-order valence-electron chi connectivity index (χ1n) is 21.6. The van der Waals surface area contributed by atoms with Gasteiger partial charge in [-0.1, -0.05) is 145 Å². The molecule has 0 unspecified atom stereocenters. The van der Waals surface area contributed by atoms with Crippen molar-refractivity contribution < 1.29 is 14.3 Å². The number of rotatable bonds is 15. The zero-order valence-corrected chi connectivity index (χ0v) is 33.8. The summed E-state index contributed by atoms with van der Waals surface area (Å²) >= 11 is 0. The molecule has 0 saturated heterocycles. The first kappa shape index (κ1) is 39.1. The molecule has 4 fully saturated rings. The van der Waals surface area contributed by atoms with Gasteiger partial charge in [0, 0.05) is 17.8 Å². The third-order valence-electron chi connectivity index (χ3n) is 16.8. The fourth-order valence-electron chi connectivity index (χ4n) is 13.4. The Labute approximate surface area is 303 Å². The number of fused-ring (bicyclic) bond motifs is 7. The third-order valence-corrected chi connectivity index (χ3v) is 16.8. The topological polar surface area (TPSA) is 43.4 Å². The van der Waals surface area contributed by atoms with Crippen LogP contribution < -0.4 is 0 Å². The summed E-state index contributed by atoms with van der Waals surface area (Å²) in [4.78, 5) is 27.8. The number of allylic oxidation sites excluding steroid dienone is 2. The van der Waals surface area contributed by atoms with Crippen LogP contribution in [0.4, 0.5) is 0 Å². The Morgan fingerprint density at radius 1 is 0.735 bits per heavy atom. The molecule has 3 heteroatoms. The molecule has 0 aromatic heterocycles. The van der Waals surface area contributed by atoms with Crippen molar-refractivity contribution in [3.05, 3.63) is 11.6 Å². The molecule has 4 saturated carbocycles. The first-order chi connectivity index (χ1) is 23.2. The van der Waals surface area contributed by atoms with Gasteiger partial charge in [-0.2, -0.15) is 0 Å². The van der Waals surface area contributed by atoms with Gasteiger partial charge in [0.15, 0.2) is 5.78 Å². The van der Waals surface area contributed by atoms with Gasteiger partial charge < -0.3 is 4.74 Å². The van der Waals surface area contributed by atoms with Crippen molar-refractivity contribution in [2.75, 3.05) is 0 Å². The number of carbonyl (C=O) groups excluding carboxylic acids is 2. The van der Waals surface area contributed by atoms with Crippen LogP contribution in [-0.2, 0) is 14.3 Å². The molecule has 10 atom stereocenters. The predicted octanol–water partition coefficient (Wildman–Crippen LogP) is 13.2. The van der Waals surface area contributed by atoms with Crippen molar-refractivity contribution in [3.63, 3.8) is 0 Å². The average molecular weight is 679 g/mol. The summed E-state index contributed by atoms with van der Waals surface area (Å²) in [7, 11) is 0. The van der Waals surface area contributed by atoms with Gasteiger partial charge in [-0.3, -0.25) is 9.59 Å². The molecule has 0 N–H and O–H groups in total. The van der Waals surface area contributed by atoms with Crippen LogP contribution in [0.1, 0.15) is 204 Å². The van der Waals surface area contributed by atoms with E-state index < -0.39 is 0 Å². The summed E-state index contributed by atoms with van der Waals surface area (Å²) in [6, 6.07) is 0. The lowest BCUT2D eigenvalue weighted by atomic mass is 9.33. The minimum atomic E-state index is -0.135. The SMILES string of the molecule is CCCCCCCCCCCCCCCC(=O)O[C@H]1CC[C@]2(C)[C@H]3C(=O)C=C4[C@@H]5[C@@H](C)[C@H](C)CC[C@]5(C)CC[C@@]4(C)[C@]3(C)CC[C@H]2C1(C)C. The van der Waals surface area contributed by atoms with Gasteiger partial charge in [-0.05, 0) is 109 Å². The quantitative estimate of drug-likeness (QED) is 0.128. The van der Waals surface area contributed by atoms with E-state index in [-0.39, 0.29) is 39.7 Å². The van der Waals surface area contributed by atoms with Crippen LogP contribution in [0.3, 0.4) is 0 Å². The molecule has 0 aliphatic heterocycles. The van der Waals surface area contributed by atoms with E-state index >= 15 is 0 Å². The molecule has 280 valence electrons. The lowest BCUT2D eigenvalue weighted by Gasteiger charge is -2.70. The predicted molar refractivity (Wildman–Crippen MR) is 205 cm³/mol.